The number of aromatic nitrogens is 1. The van der Waals surface area contributed by atoms with Gasteiger partial charge >= 0.3 is 0 Å². The molecule has 1 aromatic heterocycles. The average Bonchev–Trinajstić information content (AvgIpc) is 2.29. The van der Waals surface area contributed by atoms with E-state index < -0.39 is 18.2 Å². The van der Waals surface area contributed by atoms with Gasteiger partial charge in [0.05, 0.1) is 6.10 Å². The maximum absolute atomic E-state index is 13.1. The standard InChI is InChI=1S/C9H11FN4O2/c10-9-6(2-1-4-12-9)8(16)7(15)3-5-13-14-11/h1-2,4,7-8,15-16H,3,5H2. The number of rotatable bonds is 5. The first-order valence-electron chi connectivity index (χ1n) is 4.64. The summed E-state index contributed by atoms with van der Waals surface area (Å²) in [6.45, 7) is 0.0383. The summed E-state index contributed by atoms with van der Waals surface area (Å²) in [6, 6.07) is 2.80. The molecule has 0 saturated carbocycles. The lowest BCUT2D eigenvalue weighted by Gasteiger charge is -2.17. The Hall–Kier alpha value is -1.69. The SMILES string of the molecule is [N-]=[N+]=NCCC(O)C(O)c1cccnc1F. The van der Waals surface area contributed by atoms with Crippen LogP contribution in [0.25, 0.3) is 10.4 Å². The minimum absolute atomic E-state index is 0.0383. The van der Waals surface area contributed by atoms with Crippen molar-refractivity contribution in [3.05, 3.63) is 40.3 Å². The van der Waals surface area contributed by atoms with Crippen LogP contribution >= 0.6 is 0 Å². The molecule has 0 bridgehead atoms. The van der Waals surface area contributed by atoms with Crippen molar-refractivity contribution in [3.8, 4) is 0 Å². The number of halogens is 1. The van der Waals surface area contributed by atoms with E-state index in [2.05, 4.69) is 15.0 Å². The summed E-state index contributed by atoms with van der Waals surface area (Å²) in [5, 5.41) is 22.3. The summed E-state index contributed by atoms with van der Waals surface area (Å²) in [5.74, 6) is -0.821. The van der Waals surface area contributed by atoms with Crippen LogP contribution in [0.5, 0.6) is 0 Å². The summed E-state index contributed by atoms with van der Waals surface area (Å²) in [6.07, 6.45) is -1.26. The quantitative estimate of drug-likeness (QED) is 0.342. The van der Waals surface area contributed by atoms with E-state index in [0.717, 1.165) is 0 Å². The molecule has 0 spiro atoms. The van der Waals surface area contributed by atoms with Gasteiger partial charge in [0, 0.05) is 23.2 Å². The average molecular weight is 226 g/mol. The van der Waals surface area contributed by atoms with E-state index in [-0.39, 0.29) is 18.5 Å². The van der Waals surface area contributed by atoms with Gasteiger partial charge in [-0.2, -0.15) is 4.39 Å². The van der Waals surface area contributed by atoms with Crippen molar-refractivity contribution in [2.75, 3.05) is 6.54 Å². The van der Waals surface area contributed by atoms with Gasteiger partial charge < -0.3 is 10.2 Å². The molecular weight excluding hydrogens is 215 g/mol. The highest BCUT2D eigenvalue weighted by Crippen LogP contribution is 2.20. The number of hydrogen-bond acceptors (Lipinski definition) is 4. The maximum atomic E-state index is 13.1. The van der Waals surface area contributed by atoms with Crippen LogP contribution < -0.4 is 0 Å². The van der Waals surface area contributed by atoms with Crippen molar-refractivity contribution >= 4 is 0 Å². The Bertz CT molecular complexity index is 395. The van der Waals surface area contributed by atoms with Gasteiger partial charge in [-0.15, -0.1) is 0 Å². The van der Waals surface area contributed by atoms with Gasteiger partial charge in [0.25, 0.3) is 0 Å². The summed E-state index contributed by atoms with van der Waals surface area (Å²) in [4.78, 5) is 5.86. The van der Waals surface area contributed by atoms with Crippen LogP contribution in [0.2, 0.25) is 0 Å². The highest BCUT2D eigenvalue weighted by molar-refractivity contribution is 5.15. The fourth-order valence-electron chi connectivity index (χ4n) is 1.22. The fourth-order valence-corrected chi connectivity index (χ4v) is 1.22. The summed E-state index contributed by atoms with van der Waals surface area (Å²) >= 11 is 0. The van der Waals surface area contributed by atoms with Gasteiger partial charge in [-0.3, -0.25) is 0 Å². The third-order valence-electron chi connectivity index (χ3n) is 2.06. The van der Waals surface area contributed by atoms with E-state index in [4.69, 9.17) is 5.53 Å². The van der Waals surface area contributed by atoms with E-state index in [1.165, 1.54) is 18.3 Å². The van der Waals surface area contributed by atoms with Crippen molar-refractivity contribution in [1.29, 1.82) is 0 Å². The zero-order chi connectivity index (χ0) is 12.0. The molecule has 2 N–H and O–H groups in total. The third kappa shape index (κ3) is 3.16. The monoisotopic (exact) mass is 226 g/mol. The van der Waals surface area contributed by atoms with Gasteiger partial charge in [-0.05, 0) is 18.0 Å². The van der Waals surface area contributed by atoms with Crippen molar-refractivity contribution in [1.82, 2.24) is 4.98 Å². The van der Waals surface area contributed by atoms with Crippen LogP contribution in [0.1, 0.15) is 18.1 Å². The van der Waals surface area contributed by atoms with Crippen LogP contribution in [0.4, 0.5) is 4.39 Å². The van der Waals surface area contributed by atoms with Crippen LogP contribution in [0, 0.1) is 5.95 Å². The third-order valence-corrected chi connectivity index (χ3v) is 2.06. The van der Waals surface area contributed by atoms with Crippen LogP contribution in [-0.2, 0) is 0 Å². The predicted octanol–water partition coefficient (Wildman–Crippen LogP) is 1.32. The Morgan fingerprint density at radius 3 is 2.94 bits per heavy atom. The molecule has 0 radical (unpaired) electrons. The number of azide groups is 1. The first kappa shape index (κ1) is 12.4. The second-order valence-electron chi connectivity index (χ2n) is 3.14. The summed E-state index contributed by atoms with van der Waals surface area (Å²) in [5.41, 5.74) is 7.95. The van der Waals surface area contributed by atoms with E-state index in [1.807, 2.05) is 0 Å². The normalized spacial score (nSPS) is 13.9. The molecule has 2 atom stereocenters. The molecule has 0 amide bonds. The predicted molar refractivity (Wildman–Crippen MR) is 53.8 cm³/mol. The van der Waals surface area contributed by atoms with Crippen molar-refractivity contribution in [3.63, 3.8) is 0 Å². The molecule has 1 aromatic rings. The number of hydrogen-bond donors (Lipinski definition) is 2. The highest BCUT2D eigenvalue weighted by atomic mass is 19.1. The van der Waals surface area contributed by atoms with Gasteiger partial charge in [-0.1, -0.05) is 11.2 Å². The largest absolute Gasteiger partial charge is 0.390 e. The van der Waals surface area contributed by atoms with Crippen molar-refractivity contribution < 1.29 is 14.6 Å². The summed E-state index contributed by atoms with van der Waals surface area (Å²) < 4.78 is 13.1. The lowest BCUT2D eigenvalue weighted by atomic mass is 10.0. The van der Waals surface area contributed by atoms with Gasteiger partial charge in [0.15, 0.2) is 0 Å². The van der Waals surface area contributed by atoms with E-state index in [0.29, 0.717) is 0 Å². The topological polar surface area (TPSA) is 102 Å². The second kappa shape index (κ2) is 6.02. The number of aliphatic hydroxyl groups excluding tert-OH is 2. The smallest absolute Gasteiger partial charge is 0.218 e. The molecule has 7 heteroatoms. The molecule has 1 rings (SSSR count). The van der Waals surface area contributed by atoms with Crippen molar-refractivity contribution in [2.45, 2.75) is 18.6 Å². The van der Waals surface area contributed by atoms with Gasteiger partial charge in [-0.25, -0.2) is 4.98 Å². The molecule has 16 heavy (non-hydrogen) atoms. The molecule has 0 aliphatic rings. The first-order chi connectivity index (χ1) is 7.66. The molecule has 2 unspecified atom stereocenters. The molecule has 0 aliphatic heterocycles. The maximum Gasteiger partial charge on any atom is 0.218 e. The van der Waals surface area contributed by atoms with Gasteiger partial charge in [0.2, 0.25) is 5.95 Å². The van der Waals surface area contributed by atoms with E-state index >= 15 is 0 Å². The molecule has 1 heterocycles. The van der Waals surface area contributed by atoms with Crippen LogP contribution in [0.15, 0.2) is 23.4 Å². The Morgan fingerprint density at radius 1 is 1.56 bits per heavy atom. The zero-order valence-electron chi connectivity index (χ0n) is 8.36. The molecule has 0 saturated heterocycles. The molecule has 0 aliphatic carbocycles. The van der Waals surface area contributed by atoms with E-state index in [1.54, 1.807) is 0 Å². The second-order valence-corrected chi connectivity index (χ2v) is 3.14. The molecule has 86 valence electrons. The number of nitrogens with zero attached hydrogens (tertiary/aromatic N) is 4. The lowest BCUT2D eigenvalue weighted by molar-refractivity contribution is 0.0125. The summed E-state index contributed by atoms with van der Waals surface area (Å²) in [7, 11) is 0. The van der Waals surface area contributed by atoms with Crippen LogP contribution in [0.3, 0.4) is 0 Å². The zero-order valence-corrected chi connectivity index (χ0v) is 8.36. The molecule has 6 nitrogen and oxygen atoms in total. The Morgan fingerprint density at radius 2 is 2.31 bits per heavy atom. The van der Waals surface area contributed by atoms with Crippen molar-refractivity contribution in [2.24, 2.45) is 5.11 Å². The van der Waals surface area contributed by atoms with Gasteiger partial charge in [0.1, 0.15) is 6.10 Å². The Labute approximate surface area is 91.0 Å². The molecular formula is C9H11FN4O2. The Kier molecular flexibility index (Phi) is 4.65. The fraction of sp³-hybridized carbons (Fsp3) is 0.444. The molecule has 0 fully saturated rings. The minimum atomic E-state index is -1.37. The number of pyridine rings is 1. The minimum Gasteiger partial charge on any atom is -0.390 e. The lowest BCUT2D eigenvalue weighted by Crippen LogP contribution is -2.20. The highest BCUT2D eigenvalue weighted by Gasteiger charge is 2.21. The number of aliphatic hydroxyl groups is 2. The van der Waals surface area contributed by atoms with E-state index in [9.17, 15) is 14.6 Å². The van der Waals surface area contributed by atoms with Crippen LogP contribution in [-0.4, -0.2) is 27.8 Å². The Balaban J connectivity index is 2.66. The first-order valence-corrected chi connectivity index (χ1v) is 4.64. The molecule has 0 aromatic carbocycles.